The molecule has 0 spiro atoms. The van der Waals surface area contributed by atoms with E-state index >= 15 is 0 Å². The van der Waals surface area contributed by atoms with E-state index in [-0.39, 0.29) is 6.61 Å². The zero-order valence-corrected chi connectivity index (χ0v) is 13.0. The molecule has 122 valence electrons. The van der Waals surface area contributed by atoms with E-state index in [1.54, 1.807) is 19.7 Å². The summed E-state index contributed by atoms with van der Waals surface area (Å²) in [7, 11) is 3.20. The minimum atomic E-state index is -0.585. The van der Waals surface area contributed by atoms with E-state index in [0.717, 1.165) is 29.7 Å². The summed E-state index contributed by atoms with van der Waals surface area (Å²) in [6, 6.07) is 3.23. The molecule has 0 radical (unpaired) electrons. The van der Waals surface area contributed by atoms with Gasteiger partial charge in [-0.05, 0) is 29.7 Å². The van der Waals surface area contributed by atoms with Crippen molar-refractivity contribution >= 4 is 5.91 Å². The Labute approximate surface area is 129 Å². The third kappa shape index (κ3) is 3.32. The first-order valence-electron chi connectivity index (χ1n) is 7.21. The molecule has 2 atom stereocenters. The van der Waals surface area contributed by atoms with Gasteiger partial charge < -0.3 is 14.2 Å². The molecule has 1 amide bonds. The number of hydroxylamine groups is 1. The van der Waals surface area contributed by atoms with Gasteiger partial charge in [-0.3, -0.25) is 15.3 Å². The lowest BCUT2D eigenvalue weighted by atomic mass is 10.0. The number of methoxy groups -OCH3 is 2. The lowest BCUT2D eigenvalue weighted by Crippen LogP contribution is -2.41. The van der Waals surface area contributed by atoms with Crippen LogP contribution in [0.2, 0.25) is 0 Å². The maximum absolute atomic E-state index is 11.4. The van der Waals surface area contributed by atoms with Crippen molar-refractivity contribution in [1.29, 1.82) is 0 Å². The second-order valence-electron chi connectivity index (χ2n) is 5.07. The zero-order valence-electron chi connectivity index (χ0n) is 13.0. The minimum absolute atomic E-state index is 0.189. The highest BCUT2D eigenvalue weighted by atomic mass is 16.5. The van der Waals surface area contributed by atoms with Crippen LogP contribution in [0.4, 0.5) is 0 Å². The van der Waals surface area contributed by atoms with Crippen molar-refractivity contribution in [2.45, 2.75) is 32.0 Å². The summed E-state index contributed by atoms with van der Waals surface area (Å²) in [6.45, 7) is 2.28. The van der Waals surface area contributed by atoms with Crippen LogP contribution in [0.3, 0.4) is 0 Å². The summed E-state index contributed by atoms with van der Waals surface area (Å²) in [5, 5.41) is 11.7. The van der Waals surface area contributed by atoms with Gasteiger partial charge in [0.1, 0.15) is 12.3 Å². The van der Waals surface area contributed by atoms with Gasteiger partial charge in [0, 0.05) is 0 Å². The van der Waals surface area contributed by atoms with Crippen molar-refractivity contribution in [3.8, 4) is 11.5 Å². The highest BCUT2D eigenvalue weighted by Gasteiger charge is 2.31. The monoisotopic (exact) mass is 310 g/mol. The maximum Gasteiger partial charge on any atom is 0.262 e. The van der Waals surface area contributed by atoms with E-state index < -0.39 is 18.2 Å². The molecule has 7 heteroatoms. The average molecular weight is 310 g/mol. The van der Waals surface area contributed by atoms with Crippen molar-refractivity contribution in [1.82, 2.24) is 10.8 Å². The second-order valence-corrected chi connectivity index (χ2v) is 5.07. The Bertz CT molecular complexity index is 535. The van der Waals surface area contributed by atoms with Crippen molar-refractivity contribution in [2.24, 2.45) is 0 Å². The van der Waals surface area contributed by atoms with Crippen LogP contribution in [0.5, 0.6) is 11.5 Å². The van der Waals surface area contributed by atoms with Crippen LogP contribution in [-0.4, -0.2) is 38.0 Å². The maximum atomic E-state index is 11.4. The SMILES string of the molecule is CCCc1cc([C@@H]2N[C@@H](C(=O)NO)CO2)cc(OC)c1OC. The number of rotatable bonds is 6. The Hall–Kier alpha value is -1.83. The number of amides is 1. The van der Waals surface area contributed by atoms with E-state index in [4.69, 9.17) is 19.4 Å². The highest BCUT2D eigenvalue weighted by molar-refractivity contribution is 5.81. The Kier molecular flexibility index (Phi) is 5.59. The number of benzene rings is 1. The number of ether oxygens (including phenoxy) is 3. The first-order chi connectivity index (χ1) is 10.6. The van der Waals surface area contributed by atoms with Gasteiger partial charge in [-0.1, -0.05) is 13.3 Å². The van der Waals surface area contributed by atoms with Gasteiger partial charge in [-0.25, -0.2) is 5.48 Å². The molecule has 1 aliphatic rings. The van der Waals surface area contributed by atoms with Crippen molar-refractivity contribution in [2.75, 3.05) is 20.8 Å². The number of nitrogens with one attached hydrogen (secondary N) is 2. The lowest BCUT2D eigenvalue weighted by Gasteiger charge is -2.18. The number of aryl methyl sites for hydroxylation is 1. The summed E-state index contributed by atoms with van der Waals surface area (Å²) in [5.41, 5.74) is 3.51. The normalized spacial score (nSPS) is 20.7. The van der Waals surface area contributed by atoms with Crippen molar-refractivity contribution < 1.29 is 24.2 Å². The molecular formula is C15H22N2O5. The topological polar surface area (TPSA) is 89.1 Å². The van der Waals surface area contributed by atoms with Gasteiger partial charge >= 0.3 is 0 Å². The van der Waals surface area contributed by atoms with E-state index in [1.165, 1.54) is 0 Å². The van der Waals surface area contributed by atoms with Crippen LogP contribution in [0, 0.1) is 0 Å². The molecular weight excluding hydrogens is 288 g/mol. The molecule has 1 aliphatic heterocycles. The molecule has 22 heavy (non-hydrogen) atoms. The number of hydrogen-bond donors (Lipinski definition) is 3. The summed E-state index contributed by atoms with van der Waals surface area (Å²) in [4.78, 5) is 11.4. The minimum Gasteiger partial charge on any atom is -0.493 e. The molecule has 7 nitrogen and oxygen atoms in total. The quantitative estimate of drug-likeness (QED) is 0.539. The van der Waals surface area contributed by atoms with Crippen LogP contribution >= 0.6 is 0 Å². The molecule has 2 rings (SSSR count). The molecule has 1 saturated heterocycles. The molecule has 0 unspecified atom stereocenters. The van der Waals surface area contributed by atoms with Crippen LogP contribution in [-0.2, 0) is 16.0 Å². The molecule has 1 heterocycles. The number of carbonyl (C=O) groups is 1. The standard InChI is InChI=1S/C15H22N2O5/c1-4-5-9-6-10(7-12(20-2)13(9)21-3)15-16-11(8-22-15)14(18)17-19/h6-7,11,15-16,19H,4-5,8H2,1-3H3,(H,17,18)/t11-,15-/m1/s1. The van der Waals surface area contributed by atoms with Gasteiger partial charge in [-0.2, -0.15) is 0 Å². The van der Waals surface area contributed by atoms with E-state index in [9.17, 15) is 4.79 Å². The average Bonchev–Trinajstić information content (AvgIpc) is 3.03. The number of carbonyl (C=O) groups excluding carboxylic acids is 1. The molecule has 0 saturated carbocycles. The largest absolute Gasteiger partial charge is 0.493 e. The van der Waals surface area contributed by atoms with Gasteiger partial charge in [0.25, 0.3) is 5.91 Å². The molecule has 0 aromatic heterocycles. The van der Waals surface area contributed by atoms with Crippen molar-refractivity contribution in [3.05, 3.63) is 23.3 Å². The fourth-order valence-electron chi connectivity index (χ4n) is 2.57. The highest BCUT2D eigenvalue weighted by Crippen LogP contribution is 2.36. The van der Waals surface area contributed by atoms with E-state index in [1.807, 2.05) is 12.1 Å². The fraction of sp³-hybridized carbons (Fsp3) is 0.533. The van der Waals surface area contributed by atoms with Gasteiger partial charge in [0.2, 0.25) is 0 Å². The van der Waals surface area contributed by atoms with Crippen LogP contribution in [0.25, 0.3) is 0 Å². The summed E-state index contributed by atoms with van der Waals surface area (Å²) >= 11 is 0. The molecule has 1 aromatic rings. The van der Waals surface area contributed by atoms with E-state index in [0.29, 0.717) is 5.75 Å². The Morgan fingerprint density at radius 1 is 1.45 bits per heavy atom. The molecule has 0 aliphatic carbocycles. The van der Waals surface area contributed by atoms with Gasteiger partial charge in [-0.15, -0.1) is 0 Å². The first kappa shape index (κ1) is 16.5. The van der Waals surface area contributed by atoms with Crippen LogP contribution in [0.1, 0.15) is 30.7 Å². The molecule has 1 fully saturated rings. The first-order valence-corrected chi connectivity index (χ1v) is 7.21. The molecule has 0 bridgehead atoms. The smallest absolute Gasteiger partial charge is 0.262 e. The summed E-state index contributed by atoms with van der Waals surface area (Å²) in [6.07, 6.45) is 1.38. The predicted molar refractivity (Wildman–Crippen MR) is 79.1 cm³/mol. The van der Waals surface area contributed by atoms with Crippen molar-refractivity contribution in [3.63, 3.8) is 0 Å². The third-order valence-electron chi connectivity index (χ3n) is 3.61. The van der Waals surface area contributed by atoms with E-state index in [2.05, 4.69) is 12.2 Å². The summed E-state index contributed by atoms with van der Waals surface area (Å²) in [5.74, 6) is 0.830. The van der Waals surface area contributed by atoms with Crippen LogP contribution in [0.15, 0.2) is 12.1 Å². The Morgan fingerprint density at radius 2 is 2.23 bits per heavy atom. The van der Waals surface area contributed by atoms with Gasteiger partial charge in [0.15, 0.2) is 11.5 Å². The van der Waals surface area contributed by atoms with Crippen LogP contribution < -0.4 is 20.3 Å². The summed E-state index contributed by atoms with van der Waals surface area (Å²) < 4.78 is 16.4. The predicted octanol–water partition coefficient (Wildman–Crippen LogP) is 1.15. The Balaban J connectivity index is 2.28. The molecule has 1 aromatic carbocycles. The fourth-order valence-corrected chi connectivity index (χ4v) is 2.57. The van der Waals surface area contributed by atoms with Gasteiger partial charge in [0.05, 0.1) is 20.8 Å². The zero-order chi connectivity index (χ0) is 16.1. The lowest BCUT2D eigenvalue weighted by molar-refractivity contribution is -0.131. The third-order valence-corrected chi connectivity index (χ3v) is 3.61. The molecule has 3 N–H and O–H groups in total. The Morgan fingerprint density at radius 3 is 2.82 bits per heavy atom. The second kappa shape index (κ2) is 7.44. The number of hydrogen-bond acceptors (Lipinski definition) is 6.